The Labute approximate surface area is 202 Å². The van der Waals surface area contributed by atoms with Gasteiger partial charge < -0.3 is 31.9 Å². The number of carboxylic acids is 2. The van der Waals surface area contributed by atoms with Gasteiger partial charge in [-0.1, -0.05) is 24.3 Å². The standard InChI is InChI=1S/C26H18N2O8/c27-23(31)21-17(11-1-5-13(29)6-2-11)18(12-3-7-14(30)8-4-12)22(24(28)32)20-16(26(35)36)10-9-15(19(20)21)25(33)34/h1-10,29-30H,(H2,27,31)(H2,28,32)(H,33,34)(H,35,36). The molecule has 0 saturated heterocycles. The molecule has 4 aromatic rings. The number of fused-ring (bicyclic) bond motifs is 1. The van der Waals surface area contributed by atoms with Crippen LogP contribution in [0.3, 0.4) is 0 Å². The summed E-state index contributed by atoms with van der Waals surface area (Å²) in [6.45, 7) is 0. The van der Waals surface area contributed by atoms with E-state index in [1.807, 2.05) is 0 Å². The predicted octanol–water partition coefficient (Wildman–Crippen LogP) is 3.18. The summed E-state index contributed by atoms with van der Waals surface area (Å²) >= 11 is 0. The first kappa shape index (κ1) is 23.8. The molecular weight excluding hydrogens is 468 g/mol. The number of aromatic carboxylic acids is 2. The van der Waals surface area contributed by atoms with Crippen LogP contribution >= 0.6 is 0 Å². The molecule has 2 amide bonds. The molecule has 36 heavy (non-hydrogen) atoms. The number of phenols is 2. The summed E-state index contributed by atoms with van der Waals surface area (Å²) in [6.07, 6.45) is 0. The molecule has 180 valence electrons. The second kappa shape index (κ2) is 8.76. The maximum atomic E-state index is 12.9. The molecule has 4 rings (SSSR count). The fourth-order valence-corrected chi connectivity index (χ4v) is 4.30. The van der Waals surface area contributed by atoms with Gasteiger partial charge in [0, 0.05) is 21.9 Å². The minimum Gasteiger partial charge on any atom is -0.508 e. The topological polar surface area (TPSA) is 201 Å². The van der Waals surface area contributed by atoms with Crippen molar-refractivity contribution in [3.8, 4) is 33.8 Å². The fraction of sp³-hybridized carbons (Fsp3) is 0. The van der Waals surface area contributed by atoms with E-state index < -0.39 is 34.9 Å². The highest BCUT2D eigenvalue weighted by molar-refractivity contribution is 6.29. The molecule has 0 aliphatic heterocycles. The minimum absolute atomic E-state index is 0.000437. The number of nitrogens with two attached hydrogens (primary N) is 2. The van der Waals surface area contributed by atoms with Gasteiger partial charge in [-0.25, -0.2) is 9.59 Å². The zero-order valence-corrected chi connectivity index (χ0v) is 18.4. The van der Waals surface area contributed by atoms with Gasteiger partial charge in [0.25, 0.3) is 0 Å². The van der Waals surface area contributed by atoms with Gasteiger partial charge in [-0.05, 0) is 47.5 Å². The predicted molar refractivity (Wildman–Crippen MR) is 129 cm³/mol. The molecule has 0 heterocycles. The first-order chi connectivity index (χ1) is 17.0. The average Bonchev–Trinajstić information content (AvgIpc) is 2.82. The summed E-state index contributed by atoms with van der Waals surface area (Å²) in [6, 6.07) is 12.9. The number of aromatic hydroxyl groups is 2. The van der Waals surface area contributed by atoms with Crippen molar-refractivity contribution in [3.05, 3.63) is 82.9 Å². The number of carboxylic acid groups (broad SMARTS) is 2. The molecule has 0 saturated carbocycles. The van der Waals surface area contributed by atoms with Crippen LogP contribution in [0.5, 0.6) is 11.5 Å². The molecule has 0 fully saturated rings. The third kappa shape index (κ3) is 3.82. The number of benzene rings is 4. The third-order valence-electron chi connectivity index (χ3n) is 5.72. The van der Waals surface area contributed by atoms with Crippen LogP contribution in [0, 0.1) is 0 Å². The molecule has 0 radical (unpaired) electrons. The maximum Gasteiger partial charge on any atom is 0.336 e. The van der Waals surface area contributed by atoms with Crippen molar-refractivity contribution in [1.82, 2.24) is 0 Å². The molecule has 0 bridgehead atoms. The number of phenolic OH excluding ortho intramolecular Hbond substituents is 2. The largest absolute Gasteiger partial charge is 0.508 e. The minimum atomic E-state index is -1.50. The summed E-state index contributed by atoms with van der Waals surface area (Å²) in [5.41, 5.74) is 10.4. The Hall–Kier alpha value is -5.38. The van der Waals surface area contributed by atoms with Gasteiger partial charge in [0.2, 0.25) is 11.8 Å². The lowest BCUT2D eigenvalue weighted by Crippen LogP contribution is -2.21. The Bertz CT molecular complexity index is 1470. The van der Waals surface area contributed by atoms with Gasteiger partial charge in [-0.15, -0.1) is 0 Å². The van der Waals surface area contributed by atoms with Gasteiger partial charge in [-0.3, -0.25) is 9.59 Å². The number of primary amides is 2. The van der Waals surface area contributed by atoms with Crippen LogP contribution in [0.4, 0.5) is 0 Å². The zero-order chi connectivity index (χ0) is 26.3. The van der Waals surface area contributed by atoms with E-state index >= 15 is 0 Å². The molecular formula is C26H18N2O8. The smallest absolute Gasteiger partial charge is 0.336 e. The second-order valence-corrected chi connectivity index (χ2v) is 7.84. The van der Waals surface area contributed by atoms with E-state index in [2.05, 4.69) is 0 Å². The van der Waals surface area contributed by atoms with Gasteiger partial charge >= 0.3 is 11.9 Å². The van der Waals surface area contributed by atoms with Gasteiger partial charge in [0.15, 0.2) is 0 Å². The third-order valence-corrected chi connectivity index (χ3v) is 5.72. The SMILES string of the molecule is NC(=O)c1c(-c2ccc(O)cc2)c(-c2ccc(O)cc2)c(C(N)=O)c2c(C(=O)O)ccc(C(=O)O)c12. The Morgan fingerprint density at radius 3 is 1.08 bits per heavy atom. The number of hydrogen-bond acceptors (Lipinski definition) is 6. The van der Waals surface area contributed by atoms with Crippen LogP contribution in [0.1, 0.15) is 41.4 Å². The Morgan fingerprint density at radius 2 is 0.833 bits per heavy atom. The van der Waals surface area contributed by atoms with Gasteiger partial charge in [-0.2, -0.15) is 0 Å². The highest BCUT2D eigenvalue weighted by atomic mass is 16.4. The number of carbonyl (C=O) groups is 4. The number of hydrogen-bond donors (Lipinski definition) is 6. The van der Waals surface area contributed by atoms with Crippen LogP contribution in [0.25, 0.3) is 33.0 Å². The van der Waals surface area contributed by atoms with E-state index in [0.717, 1.165) is 12.1 Å². The molecule has 0 aromatic heterocycles. The Morgan fingerprint density at radius 1 is 0.528 bits per heavy atom. The van der Waals surface area contributed by atoms with Crippen molar-refractivity contribution in [1.29, 1.82) is 0 Å². The quantitative estimate of drug-likeness (QED) is 0.238. The van der Waals surface area contributed by atoms with E-state index in [0.29, 0.717) is 0 Å². The molecule has 8 N–H and O–H groups in total. The van der Waals surface area contributed by atoms with Crippen molar-refractivity contribution in [2.24, 2.45) is 11.5 Å². The summed E-state index contributed by atoms with van der Waals surface area (Å²) in [7, 11) is 0. The Kier molecular flexibility index (Phi) is 5.78. The van der Waals surface area contributed by atoms with Gasteiger partial charge in [0.05, 0.1) is 22.3 Å². The molecule has 10 nitrogen and oxygen atoms in total. The van der Waals surface area contributed by atoms with Crippen LogP contribution in [-0.4, -0.2) is 44.2 Å². The van der Waals surface area contributed by atoms with Crippen molar-refractivity contribution < 1.29 is 39.6 Å². The maximum absolute atomic E-state index is 12.9. The number of amides is 2. The van der Waals surface area contributed by atoms with Crippen LogP contribution in [0.2, 0.25) is 0 Å². The van der Waals surface area contributed by atoms with Crippen molar-refractivity contribution in [3.63, 3.8) is 0 Å². The molecule has 10 heteroatoms. The van der Waals surface area contributed by atoms with Crippen molar-refractivity contribution in [2.75, 3.05) is 0 Å². The van der Waals surface area contributed by atoms with Crippen molar-refractivity contribution >= 4 is 34.5 Å². The molecule has 0 spiro atoms. The lowest BCUT2D eigenvalue weighted by Gasteiger charge is -2.23. The number of rotatable bonds is 6. The molecule has 0 atom stereocenters. The molecule has 4 aromatic carbocycles. The summed E-state index contributed by atoms with van der Waals surface area (Å²) < 4.78 is 0. The monoisotopic (exact) mass is 486 g/mol. The first-order valence-corrected chi connectivity index (χ1v) is 10.3. The van der Waals surface area contributed by atoms with E-state index in [1.54, 1.807) is 0 Å². The average molecular weight is 486 g/mol. The first-order valence-electron chi connectivity index (χ1n) is 10.3. The Balaban J connectivity index is 2.45. The summed E-state index contributed by atoms with van der Waals surface area (Å²) in [5.74, 6) is -5.40. The van der Waals surface area contributed by atoms with Crippen molar-refractivity contribution in [2.45, 2.75) is 0 Å². The van der Waals surface area contributed by atoms with E-state index in [9.17, 15) is 39.6 Å². The lowest BCUT2D eigenvalue weighted by molar-refractivity contribution is 0.0684. The summed E-state index contributed by atoms with van der Waals surface area (Å²) in [4.78, 5) is 50.2. The molecule has 0 aliphatic rings. The lowest BCUT2D eigenvalue weighted by atomic mass is 9.79. The van der Waals surface area contributed by atoms with Crippen LogP contribution in [0.15, 0.2) is 60.7 Å². The number of carbonyl (C=O) groups excluding carboxylic acids is 2. The highest BCUT2D eigenvalue weighted by Crippen LogP contribution is 2.45. The van der Waals surface area contributed by atoms with E-state index in [4.69, 9.17) is 11.5 Å². The molecule has 0 unspecified atom stereocenters. The van der Waals surface area contributed by atoms with Crippen LogP contribution in [-0.2, 0) is 0 Å². The van der Waals surface area contributed by atoms with Gasteiger partial charge in [0.1, 0.15) is 11.5 Å². The normalized spacial score (nSPS) is 10.8. The fourth-order valence-electron chi connectivity index (χ4n) is 4.30. The molecule has 0 aliphatic carbocycles. The summed E-state index contributed by atoms with van der Waals surface area (Å²) in [5, 5.41) is 38.6. The highest BCUT2D eigenvalue weighted by Gasteiger charge is 2.32. The second-order valence-electron chi connectivity index (χ2n) is 7.84. The van der Waals surface area contributed by atoms with E-state index in [-0.39, 0.29) is 55.7 Å². The van der Waals surface area contributed by atoms with Crippen LogP contribution < -0.4 is 11.5 Å². The zero-order valence-electron chi connectivity index (χ0n) is 18.4. The van der Waals surface area contributed by atoms with E-state index in [1.165, 1.54) is 48.5 Å².